The van der Waals surface area contributed by atoms with Gasteiger partial charge in [-0.1, -0.05) is 19.8 Å². The van der Waals surface area contributed by atoms with Gasteiger partial charge in [-0.05, 0) is 13.3 Å². The van der Waals surface area contributed by atoms with Crippen molar-refractivity contribution in [2.75, 3.05) is 24.3 Å². The average molecular weight is 250 g/mol. The lowest BCUT2D eigenvalue weighted by atomic mass is 10.1. The van der Waals surface area contributed by atoms with Crippen LogP contribution in [0.1, 0.15) is 33.1 Å². The van der Waals surface area contributed by atoms with Crippen LogP contribution in [0.3, 0.4) is 0 Å². The smallest absolute Gasteiger partial charge is 0.163 e. The monoisotopic (exact) mass is 250 g/mol. The summed E-state index contributed by atoms with van der Waals surface area (Å²) in [5.41, 5.74) is 7.67. The molecule has 1 aliphatic rings. The lowest BCUT2D eigenvalue weighted by molar-refractivity contribution is 0.172. The van der Waals surface area contributed by atoms with Crippen LogP contribution in [0.15, 0.2) is 12.1 Å². The van der Waals surface area contributed by atoms with Crippen LogP contribution in [-0.2, 0) is 0 Å². The number of hydrogen-bond acceptors (Lipinski definition) is 4. The molecule has 0 amide bonds. The third kappa shape index (κ3) is 3.00. The topological polar surface area (TPSA) is 56.5 Å². The molecule has 1 aliphatic heterocycles. The standard InChI is InChI=1S/C14H22N2O2/c1-3-4-5-10(2)16-12-9-14-13(8-11(12)15)17-6-7-18-14/h8-10,16H,3-7,15H2,1-2H3. The second kappa shape index (κ2) is 5.85. The lowest BCUT2D eigenvalue weighted by Crippen LogP contribution is -2.18. The molecule has 18 heavy (non-hydrogen) atoms. The first-order chi connectivity index (χ1) is 8.70. The number of anilines is 2. The number of rotatable bonds is 5. The first-order valence-corrected chi connectivity index (χ1v) is 6.66. The fraction of sp³-hybridized carbons (Fsp3) is 0.571. The lowest BCUT2D eigenvalue weighted by Gasteiger charge is -2.22. The molecular weight excluding hydrogens is 228 g/mol. The minimum atomic E-state index is 0.412. The van der Waals surface area contributed by atoms with Gasteiger partial charge in [0.2, 0.25) is 0 Å². The summed E-state index contributed by atoms with van der Waals surface area (Å²) in [6, 6.07) is 4.19. The summed E-state index contributed by atoms with van der Waals surface area (Å²) in [4.78, 5) is 0. The predicted octanol–water partition coefficient (Wildman–Crippen LogP) is 3.03. The van der Waals surface area contributed by atoms with Crippen LogP contribution in [0, 0.1) is 0 Å². The molecule has 0 spiro atoms. The van der Waals surface area contributed by atoms with E-state index in [9.17, 15) is 0 Å². The highest BCUT2D eigenvalue weighted by molar-refractivity contribution is 5.72. The van der Waals surface area contributed by atoms with Gasteiger partial charge in [-0.15, -0.1) is 0 Å². The third-order valence-corrected chi connectivity index (χ3v) is 3.11. The maximum atomic E-state index is 6.02. The molecule has 1 atom stereocenters. The Hall–Kier alpha value is -1.58. The van der Waals surface area contributed by atoms with E-state index in [1.807, 2.05) is 12.1 Å². The Morgan fingerprint density at radius 1 is 1.28 bits per heavy atom. The molecule has 0 saturated heterocycles. The van der Waals surface area contributed by atoms with Gasteiger partial charge in [0.25, 0.3) is 0 Å². The van der Waals surface area contributed by atoms with Gasteiger partial charge in [0.1, 0.15) is 13.2 Å². The van der Waals surface area contributed by atoms with E-state index in [-0.39, 0.29) is 0 Å². The summed E-state index contributed by atoms with van der Waals surface area (Å²) in [6.45, 7) is 5.56. The van der Waals surface area contributed by atoms with Crippen LogP contribution in [0.25, 0.3) is 0 Å². The van der Waals surface area contributed by atoms with Gasteiger partial charge in [0.15, 0.2) is 11.5 Å². The number of hydrogen-bond donors (Lipinski definition) is 2. The summed E-state index contributed by atoms with van der Waals surface area (Å²) in [5.74, 6) is 1.52. The zero-order valence-electron chi connectivity index (χ0n) is 11.2. The molecule has 0 fully saturated rings. The van der Waals surface area contributed by atoms with Gasteiger partial charge in [-0.25, -0.2) is 0 Å². The SMILES string of the molecule is CCCCC(C)Nc1cc2c(cc1N)OCCO2. The Labute approximate surface area is 108 Å². The molecule has 3 N–H and O–H groups in total. The van der Waals surface area contributed by atoms with E-state index < -0.39 is 0 Å². The summed E-state index contributed by atoms with van der Waals surface area (Å²) >= 11 is 0. The summed E-state index contributed by atoms with van der Waals surface area (Å²) in [5, 5.41) is 3.43. The van der Waals surface area contributed by atoms with Crippen molar-refractivity contribution in [3.63, 3.8) is 0 Å². The zero-order chi connectivity index (χ0) is 13.0. The van der Waals surface area contributed by atoms with Crippen molar-refractivity contribution in [1.82, 2.24) is 0 Å². The van der Waals surface area contributed by atoms with Crippen LogP contribution < -0.4 is 20.5 Å². The number of nitrogens with two attached hydrogens (primary N) is 1. The first kappa shape index (κ1) is 12.9. The van der Waals surface area contributed by atoms with Gasteiger partial charge in [-0.3, -0.25) is 0 Å². The Morgan fingerprint density at radius 2 is 1.94 bits per heavy atom. The van der Waals surface area contributed by atoms with Crippen LogP contribution in [0.2, 0.25) is 0 Å². The second-order valence-electron chi connectivity index (χ2n) is 4.77. The number of fused-ring (bicyclic) bond motifs is 1. The minimum absolute atomic E-state index is 0.412. The van der Waals surface area contributed by atoms with Crippen molar-refractivity contribution in [2.45, 2.75) is 39.2 Å². The summed E-state index contributed by atoms with van der Waals surface area (Å²) in [7, 11) is 0. The number of nitrogen functional groups attached to an aromatic ring is 1. The first-order valence-electron chi connectivity index (χ1n) is 6.66. The van der Waals surface area contributed by atoms with Crippen molar-refractivity contribution >= 4 is 11.4 Å². The Balaban J connectivity index is 2.08. The molecule has 1 heterocycles. The second-order valence-corrected chi connectivity index (χ2v) is 4.77. The van der Waals surface area contributed by atoms with Crippen LogP contribution in [0.4, 0.5) is 11.4 Å². The fourth-order valence-corrected chi connectivity index (χ4v) is 2.08. The highest BCUT2D eigenvalue weighted by Gasteiger charge is 2.15. The van der Waals surface area contributed by atoms with E-state index in [0.29, 0.717) is 24.9 Å². The molecule has 1 unspecified atom stereocenters. The number of benzene rings is 1. The normalized spacial score (nSPS) is 15.2. The van der Waals surface area contributed by atoms with Crippen molar-refractivity contribution in [1.29, 1.82) is 0 Å². The molecule has 0 bridgehead atoms. The van der Waals surface area contributed by atoms with Gasteiger partial charge in [-0.2, -0.15) is 0 Å². The molecule has 1 aromatic rings. The van der Waals surface area contributed by atoms with Crippen molar-refractivity contribution < 1.29 is 9.47 Å². The molecule has 2 rings (SSSR count). The highest BCUT2D eigenvalue weighted by Crippen LogP contribution is 2.37. The third-order valence-electron chi connectivity index (χ3n) is 3.11. The number of ether oxygens (including phenoxy) is 2. The highest BCUT2D eigenvalue weighted by atomic mass is 16.6. The maximum Gasteiger partial charge on any atom is 0.163 e. The van der Waals surface area contributed by atoms with Gasteiger partial charge in [0.05, 0.1) is 11.4 Å². The molecule has 1 aromatic carbocycles. The van der Waals surface area contributed by atoms with Crippen molar-refractivity contribution in [2.24, 2.45) is 0 Å². The molecule has 0 aromatic heterocycles. The van der Waals surface area contributed by atoms with Gasteiger partial charge >= 0.3 is 0 Å². The molecular formula is C14H22N2O2. The summed E-state index contributed by atoms with van der Waals surface area (Å²) in [6.07, 6.45) is 3.58. The van der Waals surface area contributed by atoms with E-state index in [1.54, 1.807) is 0 Å². The zero-order valence-corrected chi connectivity index (χ0v) is 11.2. The van der Waals surface area contributed by atoms with Gasteiger partial charge < -0.3 is 20.5 Å². The number of nitrogens with one attached hydrogen (secondary N) is 1. The maximum absolute atomic E-state index is 6.02. The molecule has 100 valence electrons. The molecule has 4 nitrogen and oxygen atoms in total. The van der Waals surface area contributed by atoms with Crippen molar-refractivity contribution in [3.8, 4) is 11.5 Å². The largest absolute Gasteiger partial charge is 0.486 e. The van der Waals surface area contributed by atoms with Crippen LogP contribution >= 0.6 is 0 Å². The Morgan fingerprint density at radius 3 is 2.61 bits per heavy atom. The fourth-order valence-electron chi connectivity index (χ4n) is 2.08. The van der Waals surface area contributed by atoms with E-state index in [0.717, 1.165) is 23.6 Å². The van der Waals surface area contributed by atoms with E-state index in [1.165, 1.54) is 12.8 Å². The van der Waals surface area contributed by atoms with E-state index in [2.05, 4.69) is 19.2 Å². The molecule has 4 heteroatoms. The number of unbranched alkanes of at least 4 members (excludes halogenated alkanes) is 1. The molecule has 0 saturated carbocycles. The molecule has 0 radical (unpaired) electrons. The van der Waals surface area contributed by atoms with E-state index >= 15 is 0 Å². The Kier molecular flexibility index (Phi) is 4.18. The van der Waals surface area contributed by atoms with Crippen molar-refractivity contribution in [3.05, 3.63) is 12.1 Å². The quantitative estimate of drug-likeness (QED) is 0.789. The van der Waals surface area contributed by atoms with E-state index in [4.69, 9.17) is 15.2 Å². The average Bonchev–Trinajstić information content (AvgIpc) is 2.37. The summed E-state index contributed by atoms with van der Waals surface area (Å²) < 4.78 is 11.1. The van der Waals surface area contributed by atoms with Crippen LogP contribution in [-0.4, -0.2) is 19.3 Å². The molecule has 0 aliphatic carbocycles. The van der Waals surface area contributed by atoms with Crippen LogP contribution in [0.5, 0.6) is 11.5 Å². The predicted molar refractivity (Wildman–Crippen MR) is 74.5 cm³/mol. The van der Waals surface area contributed by atoms with Gasteiger partial charge in [0, 0.05) is 18.2 Å². The Bertz CT molecular complexity index is 407. The minimum Gasteiger partial charge on any atom is -0.486 e.